The number of halogens is 5. The van der Waals surface area contributed by atoms with E-state index in [1.807, 2.05) is 0 Å². The average molecular weight is 453 g/mol. The molecule has 0 atom stereocenters. The SMILES string of the molecule is O=C(/C=C/c1ccc(OC(F)F)cc1OC(F)F)NCc1ccc(-n2ccnc2)c(F)c1. The van der Waals surface area contributed by atoms with E-state index in [2.05, 4.69) is 19.8 Å². The Morgan fingerprint density at radius 1 is 1.09 bits per heavy atom. The molecule has 0 aliphatic rings. The molecule has 2 aromatic carbocycles. The van der Waals surface area contributed by atoms with E-state index in [0.717, 1.165) is 18.2 Å². The second-order valence-corrected chi connectivity index (χ2v) is 6.26. The van der Waals surface area contributed by atoms with Gasteiger partial charge in [0.1, 0.15) is 17.3 Å². The van der Waals surface area contributed by atoms with Gasteiger partial charge in [-0.3, -0.25) is 4.79 Å². The number of nitrogens with zero attached hydrogens (tertiary/aromatic N) is 2. The van der Waals surface area contributed by atoms with Crippen LogP contribution in [0.3, 0.4) is 0 Å². The highest BCUT2D eigenvalue weighted by atomic mass is 19.3. The van der Waals surface area contributed by atoms with E-state index in [4.69, 9.17) is 0 Å². The maximum atomic E-state index is 14.3. The van der Waals surface area contributed by atoms with Crippen molar-refractivity contribution < 1.29 is 36.2 Å². The number of alkyl halides is 4. The van der Waals surface area contributed by atoms with Crippen LogP contribution in [0.1, 0.15) is 11.1 Å². The number of carbonyl (C=O) groups excluding carboxylic acids is 1. The van der Waals surface area contributed by atoms with Crippen molar-refractivity contribution in [3.8, 4) is 17.2 Å². The fourth-order valence-electron chi connectivity index (χ4n) is 2.71. The highest BCUT2D eigenvalue weighted by Gasteiger charge is 2.12. The van der Waals surface area contributed by atoms with Gasteiger partial charge in [0.2, 0.25) is 5.91 Å². The monoisotopic (exact) mass is 453 g/mol. The molecular weight excluding hydrogens is 437 g/mol. The standard InChI is InChI=1S/C21H16F5N3O3/c22-16-9-13(1-5-17(16)29-8-7-27-12-29)11-28-19(30)6-3-14-2-4-15(31-20(23)24)10-18(14)32-21(25)26/h1-10,12,20-21H,11H2,(H,28,30)/b6-3+. The van der Waals surface area contributed by atoms with Gasteiger partial charge in [0.25, 0.3) is 0 Å². The van der Waals surface area contributed by atoms with Gasteiger partial charge in [-0.15, -0.1) is 0 Å². The van der Waals surface area contributed by atoms with Crippen LogP contribution in [0.25, 0.3) is 11.8 Å². The van der Waals surface area contributed by atoms with Gasteiger partial charge < -0.3 is 19.4 Å². The molecule has 1 amide bonds. The van der Waals surface area contributed by atoms with Crippen LogP contribution in [0.2, 0.25) is 0 Å². The van der Waals surface area contributed by atoms with Crippen molar-refractivity contribution in [3.63, 3.8) is 0 Å². The Hall–Kier alpha value is -3.89. The van der Waals surface area contributed by atoms with Crippen LogP contribution < -0.4 is 14.8 Å². The second kappa shape index (κ2) is 10.4. The maximum Gasteiger partial charge on any atom is 0.387 e. The number of imidazole rings is 1. The van der Waals surface area contributed by atoms with Crippen molar-refractivity contribution in [1.29, 1.82) is 0 Å². The van der Waals surface area contributed by atoms with Crippen molar-refractivity contribution in [2.24, 2.45) is 0 Å². The summed E-state index contributed by atoms with van der Waals surface area (Å²) in [6, 6.07) is 7.58. The Morgan fingerprint density at radius 3 is 2.53 bits per heavy atom. The lowest BCUT2D eigenvalue weighted by Gasteiger charge is -2.11. The van der Waals surface area contributed by atoms with Crippen LogP contribution in [-0.2, 0) is 11.3 Å². The van der Waals surface area contributed by atoms with Crippen LogP contribution in [0.15, 0.2) is 61.2 Å². The van der Waals surface area contributed by atoms with Gasteiger partial charge >= 0.3 is 13.2 Å². The third-order valence-corrected chi connectivity index (χ3v) is 4.10. The highest BCUT2D eigenvalue weighted by Crippen LogP contribution is 2.28. The Morgan fingerprint density at radius 2 is 1.88 bits per heavy atom. The maximum absolute atomic E-state index is 14.3. The summed E-state index contributed by atoms with van der Waals surface area (Å²) in [4.78, 5) is 15.9. The predicted octanol–water partition coefficient (Wildman–Crippen LogP) is 4.54. The lowest BCUT2D eigenvalue weighted by molar-refractivity contribution is -0.116. The number of carbonyl (C=O) groups is 1. The first-order valence-electron chi connectivity index (χ1n) is 9.08. The van der Waals surface area contributed by atoms with E-state index in [1.54, 1.807) is 12.3 Å². The van der Waals surface area contributed by atoms with E-state index >= 15 is 0 Å². The molecule has 0 fully saturated rings. The second-order valence-electron chi connectivity index (χ2n) is 6.26. The number of ether oxygens (including phenoxy) is 2. The molecule has 11 heteroatoms. The van der Waals surface area contributed by atoms with Gasteiger partial charge in [-0.05, 0) is 35.9 Å². The summed E-state index contributed by atoms with van der Waals surface area (Å²) in [7, 11) is 0. The minimum atomic E-state index is -3.21. The normalized spacial score (nSPS) is 11.3. The molecule has 0 saturated carbocycles. The zero-order chi connectivity index (χ0) is 23.1. The zero-order valence-corrected chi connectivity index (χ0v) is 16.2. The summed E-state index contributed by atoms with van der Waals surface area (Å²) < 4.78 is 74.0. The Labute approximate surface area is 178 Å². The van der Waals surface area contributed by atoms with Crippen LogP contribution in [0.5, 0.6) is 11.5 Å². The first-order valence-corrected chi connectivity index (χ1v) is 9.08. The zero-order valence-electron chi connectivity index (χ0n) is 16.2. The summed E-state index contributed by atoms with van der Waals surface area (Å²) in [6.07, 6.45) is 6.75. The van der Waals surface area contributed by atoms with Crippen molar-refractivity contribution >= 4 is 12.0 Å². The summed E-state index contributed by atoms with van der Waals surface area (Å²) in [5.74, 6) is -1.93. The number of amides is 1. The van der Waals surface area contributed by atoms with Gasteiger partial charge in [-0.25, -0.2) is 9.37 Å². The number of aromatic nitrogens is 2. The largest absolute Gasteiger partial charge is 0.435 e. The molecule has 3 rings (SSSR count). The third-order valence-electron chi connectivity index (χ3n) is 4.10. The molecule has 168 valence electrons. The predicted molar refractivity (Wildman–Crippen MR) is 104 cm³/mol. The lowest BCUT2D eigenvalue weighted by Crippen LogP contribution is -2.20. The van der Waals surface area contributed by atoms with Crippen molar-refractivity contribution in [3.05, 3.63) is 78.1 Å². The molecule has 0 aliphatic heterocycles. The van der Waals surface area contributed by atoms with Crippen LogP contribution in [0.4, 0.5) is 22.0 Å². The third kappa shape index (κ3) is 6.30. The van der Waals surface area contributed by atoms with Crippen molar-refractivity contribution in [2.45, 2.75) is 19.8 Å². The molecular formula is C21H16F5N3O3. The minimum Gasteiger partial charge on any atom is -0.435 e. The smallest absolute Gasteiger partial charge is 0.387 e. The highest BCUT2D eigenvalue weighted by molar-refractivity contribution is 5.92. The first kappa shape index (κ1) is 22.8. The van der Waals surface area contributed by atoms with Gasteiger partial charge in [0.15, 0.2) is 0 Å². The fraction of sp³-hybridized carbons (Fsp3) is 0.143. The number of rotatable bonds is 9. The molecule has 0 unspecified atom stereocenters. The lowest BCUT2D eigenvalue weighted by atomic mass is 10.1. The number of benzene rings is 2. The van der Waals surface area contributed by atoms with E-state index in [0.29, 0.717) is 11.3 Å². The Kier molecular flexibility index (Phi) is 7.42. The first-order chi connectivity index (χ1) is 15.3. The van der Waals surface area contributed by atoms with E-state index in [1.165, 1.54) is 41.4 Å². The van der Waals surface area contributed by atoms with Gasteiger partial charge in [-0.2, -0.15) is 17.6 Å². The number of hydrogen-bond donors (Lipinski definition) is 1. The van der Waals surface area contributed by atoms with Gasteiger partial charge in [-0.1, -0.05) is 6.07 Å². The molecule has 6 nitrogen and oxygen atoms in total. The molecule has 1 N–H and O–H groups in total. The molecule has 0 radical (unpaired) electrons. The molecule has 0 saturated heterocycles. The number of hydrogen-bond acceptors (Lipinski definition) is 4. The van der Waals surface area contributed by atoms with Crippen molar-refractivity contribution in [1.82, 2.24) is 14.9 Å². The van der Waals surface area contributed by atoms with Gasteiger partial charge in [0, 0.05) is 36.6 Å². The molecule has 32 heavy (non-hydrogen) atoms. The molecule has 0 bridgehead atoms. The average Bonchev–Trinajstić information content (AvgIpc) is 3.25. The molecule has 0 aliphatic carbocycles. The Bertz CT molecular complexity index is 1090. The van der Waals surface area contributed by atoms with Crippen LogP contribution in [0, 0.1) is 5.82 Å². The molecule has 0 spiro atoms. The summed E-state index contributed by atoms with van der Waals surface area (Å²) in [5.41, 5.74) is 0.824. The van der Waals surface area contributed by atoms with E-state index in [-0.39, 0.29) is 17.9 Å². The Balaban J connectivity index is 1.64. The van der Waals surface area contributed by atoms with Crippen LogP contribution in [-0.4, -0.2) is 28.7 Å². The summed E-state index contributed by atoms with van der Waals surface area (Å²) >= 11 is 0. The summed E-state index contributed by atoms with van der Waals surface area (Å²) in [6.45, 7) is -6.34. The minimum absolute atomic E-state index is 0.00581. The molecule has 3 aromatic rings. The molecule has 1 aromatic heterocycles. The summed E-state index contributed by atoms with van der Waals surface area (Å²) in [5, 5.41) is 2.52. The topological polar surface area (TPSA) is 65.4 Å². The molecule has 1 heterocycles. The van der Waals surface area contributed by atoms with Crippen LogP contribution >= 0.6 is 0 Å². The number of nitrogens with one attached hydrogen (secondary N) is 1. The fourth-order valence-corrected chi connectivity index (χ4v) is 2.71. The van der Waals surface area contributed by atoms with E-state index in [9.17, 15) is 26.7 Å². The van der Waals surface area contributed by atoms with Crippen molar-refractivity contribution in [2.75, 3.05) is 0 Å². The quantitative estimate of drug-likeness (QED) is 0.382. The van der Waals surface area contributed by atoms with Gasteiger partial charge in [0.05, 0.1) is 12.0 Å². The van der Waals surface area contributed by atoms with E-state index < -0.39 is 30.7 Å².